The third kappa shape index (κ3) is 4.14. The van der Waals surface area contributed by atoms with Crippen LogP contribution in [-0.2, 0) is 11.3 Å². The van der Waals surface area contributed by atoms with Crippen molar-refractivity contribution in [3.8, 4) is 11.4 Å². The number of nitrogens with zero attached hydrogens (tertiary/aromatic N) is 5. The lowest BCUT2D eigenvalue weighted by Crippen LogP contribution is -2.27. The molecule has 1 atom stereocenters. The average Bonchev–Trinajstić information content (AvgIpc) is 3.43. The molecule has 7 nitrogen and oxygen atoms in total. The molecule has 2 aromatic heterocycles. The molecule has 0 radical (unpaired) electrons. The summed E-state index contributed by atoms with van der Waals surface area (Å²) in [4.78, 5) is 9.22. The van der Waals surface area contributed by atoms with E-state index in [2.05, 4.69) is 21.8 Å². The first kappa shape index (κ1) is 20.0. The van der Waals surface area contributed by atoms with Crippen molar-refractivity contribution < 1.29 is 9.47 Å². The van der Waals surface area contributed by atoms with Gasteiger partial charge < -0.3 is 14.0 Å². The molecule has 162 valence electrons. The zero-order valence-electron chi connectivity index (χ0n) is 18.2. The van der Waals surface area contributed by atoms with Crippen molar-refractivity contribution in [2.45, 2.75) is 45.1 Å². The highest BCUT2D eigenvalue weighted by atomic mass is 16.5. The summed E-state index contributed by atoms with van der Waals surface area (Å²) < 4.78 is 15.3. The predicted molar refractivity (Wildman–Crippen MR) is 119 cm³/mol. The third-order valence-electron chi connectivity index (χ3n) is 6.39. The van der Waals surface area contributed by atoms with Crippen LogP contribution in [0.3, 0.4) is 0 Å². The average molecular weight is 420 g/mol. The third-order valence-corrected chi connectivity index (χ3v) is 6.39. The van der Waals surface area contributed by atoms with Crippen LogP contribution in [0.15, 0.2) is 30.7 Å². The summed E-state index contributed by atoms with van der Waals surface area (Å²) in [5, 5.41) is 4.77. The van der Waals surface area contributed by atoms with Gasteiger partial charge in [0.25, 0.3) is 0 Å². The monoisotopic (exact) mass is 419 g/mol. The lowest BCUT2D eigenvalue weighted by Gasteiger charge is -2.32. The fourth-order valence-corrected chi connectivity index (χ4v) is 4.77. The molecule has 1 saturated heterocycles. The van der Waals surface area contributed by atoms with Crippen molar-refractivity contribution in [1.82, 2.24) is 24.3 Å². The fraction of sp³-hybridized carbons (Fsp3) is 0.458. The number of aryl methyl sites for hydroxylation is 2. The number of imidazole rings is 1. The quantitative estimate of drug-likeness (QED) is 0.618. The van der Waals surface area contributed by atoms with Gasteiger partial charge in [-0.2, -0.15) is 5.10 Å². The summed E-state index contributed by atoms with van der Waals surface area (Å²) in [6, 6.07) is 6.15. The van der Waals surface area contributed by atoms with E-state index in [4.69, 9.17) is 19.6 Å². The largest absolute Gasteiger partial charge is 0.495 e. The summed E-state index contributed by atoms with van der Waals surface area (Å²) >= 11 is 0. The van der Waals surface area contributed by atoms with Crippen LogP contribution in [0.5, 0.6) is 5.75 Å². The van der Waals surface area contributed by atoms with E-state index in [1.807, 2.05) is 35.9 Å². The van der Waals surface area contributed by atoms with Crippen molar-refractivity contribution >= 4 is 12.2 Å². The molecule has 0 aliphatic carbocycles. The minimum Gasteiger partial charge on any atom is -0.495 e. The second kappa shape index (κ2) is 8.67. The maximum Gasteiger partial charge on any atom is 0.174 e. The van der Waals surface area contributed by atoms with E-state index in [1.165, 1.54) is 12.8 Å². The van der Waals surface area contributed by atoms with Crippen LogP contribution in [-0.4, -0.2) is 44.6 Å². The number of fused-ring (bicyclic) bond motifs is 1. The highest BCUT2D eigenvalue weighted by molar-refractivity contribution is 5.69. The molecular formula is C24H29N5O2. The Hall–Kier alpha value is -2.93. The van der Waals surface area contributed by atoms with Crippen LogP contribution < -0.4 is 4.74 Å². The molecule has 0 bridgehead atoms. The van der Waals surface area contributed by atoms with Crippen LogP contribution >= 0.6 is 0 Å². The Labute approximate surface area is 182 Å². The van der Waals surface area contributed by atoms with Crippen LogP contribution in [0.2, 0.25) is 0 Å². The molecule has 3 aromatic rings. The number of methoxy groups -OCH3 is 1. The van der Waals surface area contributed by atoms with Gasteiger partial charge in [0.15, 0.2) is 5.82 Å². The molecule has 0 amide bonds. The van der Waals surface area contributed by atoms with E-state index in [-0.39, 0.29) is 0 Å². The molecule has 5 rings (SSSR count). The minimum atomic E-state index is 0.505. The van der Waals surface area contributed by atoms with Gasteiger partial charge in [-0.3, -0.25) is 0 Å². The van der Waals surface area contributed by atoms with Gasteiger partial charge in [-0.05, 0) is 62.3 Å². The van der Waals surface area contributed by atoms with Gasteiger partial charge in [0.05, 0.1) is 24.8 Å². The summed E-state index contributed by atoms with van der Waals surface area (Å²) in [6.07, 6.45) is 12.5. The van der Waals surface area contributed by atoms with E-state index >= 15 is 0 Å². The molecule has 4 heterocycles. The first-order chi connectivity index (χ1) is 15.2. The Morgan fingerprint density at radius 2 is 2.03 bits per heavy atom. The minimum absolute atomic E-state index is 0.505. The SMILES string of the molecule is COc1cc(/C=C/c2nc3n(n2)CCC[C@H]3C2CCOCC2)ccc1-n1cnc(C)c1. The predicted octanol–water partition coefficient (Wildman–Crippen LogP) is 4.26. The molecule has 1 aromatic carbocycles. The van der Waals surface area contributed by atoms with Crippen molar-refractivity contribution in [3.05, 3.63) is 53.6 Å². The molecular weight excluding hydrogens is 390 g/mol. The van der Waals surface area contributed by atoms with E-state index < -0.39 is 0 Å². The van der Waals surface area contributed by atoms with Crippen LogP contribution in [0.4, 0.5) is 0 Å². The Balaban J connectivity index is 1.37. The second-order valence-electron chi connectivity index (χ2n) is 8.44. The molecule has 2 aliphatic heterocycles. The highest BCUT2D eigenvalue weighted by Crippen LogP contribution is 2.37. The number of aromatic nitrogens is 5. The van der Waals surface area contributed by atoms with Gasteiger partial charge in [-0.25, -0.2) is 14.6 Å². The molecule has 1 fully saturated rings. The number of benzene rings is 1. The zero-order chi connectivity index (χ0) is 21.2. The van der Waals surface area contributed by atoms with Crippen LogP contribution in [0.1, 0.15) is 54.5 Å². The number of rotatable bonds is 5. The standard InChI is InChI=1S/C24H29N5O2/c1-17-15-28(16-25-17)21-7-5-18(14-22(21)30-2)6-8-23-26-24-20(4-3-11-29(24)27-23)19-9-12-31-13-10-19/h5-8,14-16,19-20H,3-4,9-13H2,1-2H3/b8-6+/t20-/m0/s1. The first-order valence-corrected chi connectivity index (χ1v) is 11.1. The first-order valence-electron chi connectivity index (χ1n) is 11.1. The van der Waals surface area contributed by atoms with Crippen molar-refractivity contribution in [2.24, 2.45) is 5.92 Å². The van der Waals surface area contributed by atoms with Crippen molar-refractivity contribution in [1.29, 1.82) is 0 Å². The van der Waals surface area contributed by atoms with Gasteiger partial charge in [0, 0.05) is 31.9 Å². The maximum atomic E-state index is 5.62. The van der Waals surface area contributed by atoms with Gasteiger partial charge in [-0.1, -0.05) is 12.1 Å². The summed E-state index contributed by atoms with van der Waals surface area (Å²) in [5.41, 5.74) is 2.99. The summed E-state index contributed by atoms with van der Waals surface area (Å²) in [6.45, 7) is 4.68. The topological polar surface area (TPSA) is 67.0 Å². The Morgan fingerprint density at radius 3 is 2.81 bits per heavy atom. The molecule has 2 aliphatic rings. The van der Waals surface area contributed by atoms with Crippen LogP contribution in [0, 0.1) is 12.8 Å². The van der Waals surface area contributed by atoms with Crippen molar-refractivity contribution in [3.63, 3.8) is 0 Å². The number of hydrogen-bond acceptors (Lipinski definition) is 5. The van der Waals surface area contributed by atoms with Crippen molar-refractivity contribution in [2.75, 3.05) is 20.3 Å². The van der Waals surface area contributed by atoms with E-state index in [0.717, 1.165) is 66.9 Å². The normalized spacial score (nSPS) is 19.6. The lowest BCUT2D eigenvalue weighted by atomic mass is 9.81. The number of ether oxygens (including phenoxy) is 2. The second-order valence-corrected chi connectivity index (χ2v) is 8.44. The van der Waals surface area contributed by atoms with E-state index in [1.54, 1.807) is 13.4 Å². The van der Waals surface area contributed by atoms with Gasteiger partial charge in [0.2, 0.25) is 0 Å². The fourth-order valence-electron chi connectivity index (χ4n) is 4.77. The molecule has 7 heteroatoms. The smallest absolute Gasteiger partial charge is 0.174 e. The Kier molecular flexibility index (Phi) is 5.59. The van der Waals surface area contributed by atoms with Crippen LogP contribution in [0.25, 0.3) is 17.8 Å². The molecule has 0 spiro atoms. The van der Waals surface area contributed by atoms with Gasteiger partial charge in [-0.15, -0.1) is 0 Å². The van der Waals surface area contributed by atoms with E-state index in [0.29, 0.717) is 11.8 Å². The van der Waals surface area contributed by atoms with Gasteiger partial charge >= 0.3 is 0 Å². The number of hydrogen-bond donors (Lipinski definition) is 0. The molecule has 0 saturated carbocycles. The summed E-state index contributed by atoms with van der Waals surface area (Å²) in [7, 11) is 1.69. The lowest BCUT2D eigenvalue weighted by molar-refractivity contribution is 0.0531. The highest BCUT2D eigenvalue weighted by Gasteiger charge is 2.31. The Morgan fingerprint density at radius 1 is 1.16 bits per heavy atom. The van der Waals surface area contributed by atoms with E-state index in [9.17, 15) is 0 Å². The Bertz CT molecular complexity index is 1080. The molecule has 0 N–H and O–H groups in total. The van der Waals surface area contributed by atoms with Gasteiger partial charge in [0.1, 0.15) is 11.6 Å². The summed E-state index contributed by atoms with van der Waals surface area (Å²) in [5.74, 6) is 3.91. The molecule has 0 unspecified atom stereocenters. The zero-order valence-corrected chi connectivity index (χ0v) is 18.2. The maximum absolute atomic E-state index is 5.62. The molecule has 31 heavy (non-hydrogen) atoms.